The van der Waals surface area contributed by atoms with Gasteiger partial charge in [-0.15, -0.1) is 0 Å². The Balaban J connectivity index is 2.20. The lowest BCUT2D eigenvalue weighted by molar-refractivity contribution is 0.102. The Labute approximate surface area is 112 Å². The summed E-state index contributed by atoms with van der Waals surface area (Å²) in [6.45, 7) is 4.61. The van der Waals surface area contributed by atoms with E-state index >= 15 is 0 Å². The van der Waals surface area contributed by atoms with Crippen LogP contribution >= 0.6 is 0 Å². The molecule has 5 nitrogen and oxygen atoms in total. The maximum Gasteiger partial charge on any atom is 0.259 e. The van der Waals surface area contributed by atoms with Crippen molar-refractivity contribution >= 4 is 17.3 Å². The first-order valence-corrected chi connectivity index (χ1v) is 6.12. The molecule has 0 unspecified atom stereocenters. The van der Waals surface area contributed by atoms with E-state index in [4.69, 9.17) is 0 Å². The SMILES string of the molecule is CCNc1ccncc1C(=O)Nc1ccnc(C)c1. The van der Waals surface area contributed by atoms with Gasteiger partial charge in [0.15, 0.2) is 0 Å². The largest absolute Gasteiger partial charge is 0.385 e. The van der Waals surface area contributed by atoms with Crippen molar-refractivity contribution in [3.63, 3.8) is 0 Å². The molecule has 0 atom stereocenters. The number of hydrogen-bond donors (Lipinski definition) is 2. The van der Waals surface area contributed by atoms with Crippen molar-refractivity contribution in [2.45, 2.75) is 13.8 Å². The molecule has 0 aliphatic rings. The van der Waals surface area contributed by atoms with E-state index in [1.807, 2.05) is 19.9 Å². The third kappa shape index (κ3) is 3.28. The van der Waals surface area contributed by atoms with Crippen LogP contribution in [0.2, 0.25) is 0 Å². The summed E-state index contributed by atoms with van der Waals surface area (Å²) in [5, 5.41) is 5.98. The van der Waals surface area contributed by atoms with Crippen molar-refractivity contribution in [2.75, 3.05) is 17.2 Å². The molecule has 2 aromatic rings. The van der Waals surface area contributed by atoms with E-state index in [1.165, 1.54) is 0 Å². The van der Waals surface area contributed by atoms with Crippen molar-refractivity contribution in [1.29, 1.82) is 0 Å². The fraction of sp³-hybridized carbons (Fsp3) is 0.214. The highest BCUT2D eigenvalue weighted by Crippen LogP contribution is 2.16. The Morgan fingerprint density at radius 2 is 2.16 bits per heavy atom. The topological polar surface area (TPSA) is 66.9 Å². The Morgan fingerprint density at radius 3 is 2.89 bits per heavy atom. The summed E-state index contributed by atoms with van der Waals surface area (Å²) in [5.74, 6) is -0.186. The highest BCUT2D eigenvalue weighted by atomic mass is 16.1. The van der Waals surface area contributed by atoms with E-state index < -0.39 is 0 Å². The van der Waals surface area contributed by atoms with Gasteiger partial charge < -0.3 is 10.6 Å². The average molecular weight is 256 g/mol. The van der Waals surface area contributed by atoms with Gasteiger partial charge in [-0.25, -0.2) is 0 Å². The van der Waals surface area contributed by atoms with E-state index in [-0.39, 0.29) is 5.91 Å². The van der Waals surface area contributed by atoms with Crippen molar-refractivity contribution in [1.82, 2.24) is 9.97 Å². The molecule has 0 radical (unpaired) electrons. The van der Waals surface area contributed by atoms with Crippen molar-refractivity contribution < 1.29 is 4.79 Å². The predicted molar refractivity (Wildman–Crippen MR) is 75.3 cm³/mol. The Bertz CT molecular complexity index is 583. The summed E-state index contributed by atoms with van der Waals surface area (Å²) in [4.78, 5) is 20.3. The second-order valence-corrected chi connectivity index (χ2v) is 4.09. The van der Waals surface area contributed by atoms with Gasteiger partial charge in [0.1, 0.15) is 0 Å². The lowest BCUT2D eigenvalue weighted by Gasteiger charge is -2.10. The third-order valence-electron chi connectivity index (χ3n) is 2.59. The zero-order chi connectivity index (χ0) is 13.7. The molecule has 0 saturated carbocycles. The molecule has 0 aliphatic carbocycles. The van der Waals surface area contributed by atoms with Crippen LogP contribution in [0.1, 0.15) is 23.0 Å². The molecule has 2 aromatic heterocycles. The first kappa shape index (κ1) is 13.0. The van der Waals surface area contributed by atoms with Crippen LogP contribution < -0.4 is 10.6 Å². The molecular formula is C14H16N4O. The zero-order valence-corrected chi connectivity index (χ0v) is 11.0. The Morgan fingerprint density at radius 1 is 1.32 bits per heavy atom. The number of nitrogens with one attached hydrogen (secondary N) is 2. The monoisotopic (exact) mass is 256 g/mol. The first-order chi connectivity index (χ1) is 9.20. The maximum atomic E-state index is 12.2. The second-order valence-electron chi connectivity index (χ2n) is 4.09. The normalized spacial score (nSPS) is 10.0. The van der Waals surface area contributed by atoms with Crippen LogP contribution in [-0.2, 0) is 0 Å². The zero-order valence-electron chi connectivity index (χ0n) is 11.0. The summed E-state index contributed by atoms with van der Waals surface area (Å²) in [6, 6.07) is 5.37. The van der Waals surface area contributed by atoms with Crippen molar-refractivity contribution in [3.8, 4) is 0 Å². The minimum absolute atomic E-state index is 0.186. The molecule has 0 aliphatic heterocycles. The number of aromatic nitrogens is 2. The van der Waals surface area contributed by atoms with E-state index in [0.717, 1.165) is 23.6 Å². The quantitative estimate of drug-likeness (QED) is 0.881. The van der Waals surface area contributed by atoms with Crippen LogP contribution in [0, 0.1) is 6.92 Å². The Kier molecular flexibility index (Phi) is 4.07. The van der Waals surface area contributed by atoms with Gasteiger partial charge in [-0.3, -0.25) is 14.8 Å². The minimum atomic E-state index is -0.186. The lowest BCUT2D eigenvalue weighted by atomic mass is 10.2. The molecule has 5 heteroatoms. The van der Waals surface area contributed by atoms with E-state index in [1.54, 1.807) is 30.7 Å². The molecule has 0 bridgehead atoms. The highest BCUT2D eigenvalue weighted by molar-refractivity contribution is 6.07. The summed E-state index contributed by atoms with van der Waals surface area (Å²) in [7, 11) is 0. The van der Waals surface area contributed by atoms with E-state index in [0.29, 0.717) is 5.56 Å². The summed E-state index contributed by atoms with van der Waals surface area (Å²) in [6.07, 6.45) is 4.88. The molecule has 0 saturated heterocycles. The van der Waals surface area contributed by atoms with Gasteiger partial charge in [0.05, 0.1) is 11.3 Å². The number of rotatable bonds is 4. The lowest BCUT2D eigenvalue weighted by Crippen LogP contribution is -2.15. The molecular weight excluding hydrogens is 240 g/mol. The molecule has 98 valence electrons. The number of carbonyl (C=O) groups excluding carboxylic acids is 1. The standard InChI is InChI=1S/C14H16N4O/c1-3-16-13-5-6-15-9-12(13)14(19)18-11-4-7-17-10(2)8-11/h4-9H,3H2,1-2H3,(H,15,16)(H,17,18,19). The van der Waals surface area contributed by atoms with Gasteiger partial charge >= 0.3 is 0 Å². The minimum Gasteiger partial charge on any atom is -0.385 e. The molecule has 2 N–H and O–H groups in total. The van der Waals surface area contributed by atoms with Gasteiger partial charge in [0, 0.05) is 36.5 Å². The fourth-order valence-electron chi connectivity index (χ4n) is 1.74. The molecule has 0 spiro atoms. The van der Waals surface area contributed by atoms with Crippen LogP contribution in [-0.4, -0.2) is 22.4 Å². The highest BCUT2D eigenvalue weighted by Gasteiger charge is 2.11. The third-order valence-corrected chi connectivity index (χ3v) is 2.59. The Hall–Kier alpha value is -2.43. The summed E-state index contributed by atoms with van der Waals surface area (Å²) < 4.78 is 0. The van der Waals surface area contributed by atoms with Gasteiger partial charge in [-0.1, -0.05) is 0 Å². The maximum absolute atomic E-state index is 12.2. The number of amides is 1. The van der Waals surface area contributed by atoms with Gasteiger partial charge in [0.25, 0.3) is 5.91 Å². The van der Waals surface area contributed by atoms with Gasteiger partial charge in [-0.2, -0.15) is 0 Å². The summed E-state index contributed by atoms with van der Waals surface area (Å²) >= 11 is 0. The number of anilines is 2. The molecule has 2 heterocycles. The average Bonchev–Trinajstić information content (AvgIpc) is 2.39. The predicted octanol–water partition coefficient (Wildman–Crippen LogP) is 2.47. The van der Waals surface area contributed by atoms with Crippen LogP contribution in [0.3, 0.4) is 0 Å². The van der Waals surface area contributed by atoms with Gasteiger partial charge in [-0.05, 0) is 32.0 Å². The van der Waals surface area contributed by atoms with Gasteiger partial charge in [0.2, 0.25) is 0 Å². The number of nitrogens with zero attached hydrogens (tertiary/aromatic N) is 2. The molecule has 0 fully saturated rings. The molecule has 2 rings (SSSR count). The summed E-state index contributed by atoms with van der Waals surface area (Å²) in [5.41, 5.74) is 2.89. The van der Waals surface area contributed by atoms with E-state index in [2.05, 4.69) is 20.6 Å². The number of hydrogen-bond acceptors (Lipinski definition) is 4. The second kappa shape index (κ2) is 5.95. The molecule has 0 aromatic carbocycles. The van der Waals surface area contributed by atoms with Crippen LogP contribution in [0.15, 0.2) is 36.8 Å². The number of aryl methyl sites for hydroxylation is 1. The van der Waals surface area contributed by atoms with Crippen molar-refractivity contribution in [3.05, 3.63) is 48.0 Å². The van der Waals surface area contributed by atoms with Crippen LogP contribution in [0.25, 0.3) is 0 Å². The molecule has 1 amide bonds. The van der Waals surface area contributed by atoms with Crippen LogP contribution in [0.4, 0.5) is 11.4 Å². The number of carbonyl (C=O) groups is 1. The van der Waals surface area contributed by atoms with Crippen molar-refractivity contribution in [2.24, 2.45) is 0 Å². The smallest absolute Gasteiger partial charge is 0.259 e. The van der Waals surface area contributed by atoms with Crippen LogP contribution in [0.5, 0.6) is 0 Å². The van der Waals surface area contributed by atoms with E-state index in [9.17, 15) is 4.79 Å². The fourth-order valence-corrected chi connectivity index (χ4v) is 1.74. The number of pyridine rings is 2. The first-order valence-electron chi connectivity index (χ1n) is 6.12. The molecule has 19 heavy (non-hydrogen) atoms.